The van der Waals surface area contributed by atoms with Crippen LogP contribution in [0.25, 0.3) is 5.69 Å². The van der Waals surface area contributed by atoms with Crippen molar-refractivity contribution in [3.8, 4) is 11.4 Å². The highest BCUT2D eigenvalue weighted by Crippen LogP contribution is 2.47. The number of anilines is 2. The minimum absolute atomic E-state index is 0.0154. The van der Waals surface area contributed by atoms with Crippen LogP contribution in [0.5, 0.6) is 5.75 Å². The Morgan fingerprint density at radius 3 is 2.53 bits per heavy atom. The van der Waals surface area contributed by atoms with Crippen LogP contribution in [0.1, 0.15) is 41.5 Å². The standard InChI is InChI=1S/C21H21F4N7O2/c1-11(21(23,24)25)34-13-4-2-12(3-5-13)9-28-18(33)14-8-15(17(27)30-16(14)26)32-10-29-19(31-32)20(22)6-7-20/h2-5,8,10-11H,6-7,9H2,1H3,(H,28,33)(H4,26,27,30). The number of nitrogens with one attached hydrogen (secondary N) is 1. The Kier molecular flexibility index (Phi) is 5.79. The number of pyridine rings is 1. The molecule has 9 nitrogen and oxygen atoms in total. The van der Waals surface area contributed by atoms with E-state index in [1.165, 1.54) is 41.3 Å². The van der Waals surface area contributed by atoms with E-state index in [1.54, 1.807) is 0 Å². The Balaban J connectivity index is 1.44. The van der Waals surface area contributed by atoms with E-state index in [1.807, 2.05) is 0 Å². The number of amides is 1. The fourth-order valence-corrected chi connectivity index (χ4v) is 3.05. The quantitative estimate of drug-likeness (QED) is 0.444. The maximum Gasteiger partial charge on any atom is 0.425 e. The molecule has 0 bridgehead atoms. The van der Waals surface area contributed by atoms with Crippen molar-refractivity contribution in [3.63, 3.8) is 0 Å². The number of hydrogen-bond acceptors (Lipinski definition) is 7. The number of alkyl halides is 4. The van der Waals surface area contributed by atoms with E-state index in [0.29, 0.717) is 18.4 Å². The van der Waals surface area contributed by atoms with Crippen molar-refractivity contribution in [2.45, 2.75) is 44.3 Å². The van der Waals surface area contributed by atoms with Gasteiger partial charge in [0.2, 0.25) is 0 Å². The van der Waals surface area contributed by atoms with E-state index < -0.39 is 23.9 Å². The number of ether oxygens (including phenoxy) is 1. The van der Waals surface area contributed by atoms with Crippen LogP contribution >= 0.6 is 0 Å². The van der Waals surface area contributed by atoms with Gasteiger partial charge in [-0.3, -0.25) is 4.79 Å². The zero-order valence-electron chi connectivity index (χ0n) is 17.9. The highest BCUT2D eigenvalue weighted by atomic mass is 19.4. The second-order valence-corrected chi connectivity index (χ2v) is 7.93. The molecule has 180 valence electrons. The molecule has 1 aromatic carbocycles. The third-order valence-corrected chi connectivity index (χ3v) is 5.28. The van der Waals surface area contributed by atoms with Gasteiger partial charge >= 0.3 is 6.18 Å². The van der Waals surface area contributed by atoms with E-state index in [2.05, 4.69) is 20.4 Å². The molecule has 0 aliphatic heterocycles. The van der Waals surface area contributed by atoms with Crippen molar-refractivity contribution < 1.29 is 27.1 Å². The minimum Gasteiger partial charge on any atom is -0.481 e. The second kappa shape index (κ2) is 8.47. The van der Waals surface area contributed by atoms with E-state index in [4.69, 9.17) is 16.2 Å². The van der Waals surface area contributed by atoms with Gasteiger partial charge in [0, 0.05) is 6.54 Å². The number of rotatable bonds is 7. The van der Waals surface area contributed by atoms with E-state index in [0.717, 1.165) is 6.92 Å². The summed E-state index contributed by atoms with van der Waals surface area (Å²) in [4.78, 5) is 20.6. The molecule has 1 atom stereocenters. The van der Waals surface area contributed by atoms with Crippen LogP contribution in [0.4, 0.5) is 29.2 Å². The lowest BCUT2D eigenvalue weighted by atomic mass is 10.2. The molecule has 2 heterocycles. The molecule has 0 spiro atoms. The number of nitrogen functional groups attached to an aromatic ring is 2. The van der Waals surface area contributed by atoms with Crippen molar-refractivity contribution in [1.29, 1.82) is 0 Å². The van der Waals surface area contributed by atoms with Gasteiger partial charge in [-0.15, -0.1) is 5.10 Å². The van der Waals surface area contributed by atoms with E-state index >= 15 is 0 Å². The normalized spacial score (nSPS) is 15.6. The maximum atomic E-state index is 14.2. The summed E-state index contributed by atoms with van der Waals surface area (Å²) in [6.45, 7) is 0.972. The molecule has 5 N–H and O–H groups in total. The second-order valence-electron chi connectivity index (χ2n) is 7.93. The van der Waals surface area contributed by atoms with Crippen LogP contribution in [-0.4, -0.2) is 37.9 Å². The minimum atomic E-state index is -4.47. The molecule has 1 saturated carbocycles. The lowest BCUT2D eigenvalue weighted by Crippen LogP contribution is -2.31. The molecule has 1 aliphatic carbocycles. The first-order valence-corrected chi connectivity index (χ1v) is 10.2. The lowest BCUT2D eigenvalue weighted by molar-refractivity contribution is -0.189. The molecule has 1 aliphatic rings. The number of halogens is 4. The Morgan fingerprint density at radius 2 is 1.91 bits per heavy atom. The fourth-order valence-electron chi connectivity index (χ4n) is 3.05. The van der Waals surface area contributed by atoms with Crippen LogP contribution in [0.2, 0.25) is 0 Å². The van der Waals surface area contributed by atoms with Gasteiger partial charge < -0.3 is 21.5 Å². The number of nitrogens with two attached hydrogens (primary N) is 2. The van der Waals surface area contributed by atoms with Gasteiger partial charge in [-0.25, -0.2) is 19.0 Å². The topological polar surface area (TPSA) is 134 Å². The molecule has 0 radical (unpaired) electrons. The fraction of sp³-hybridized carbons (Fsp3) is 0.333. The number of carbonyl (C=O) groups is 1. The highest BCUT2D eigenvalue weighted by molar-refractivity contribution is 5.99. The van der Waals surface area contributed by atoms with Crippen molar-refractivity contribution >= 4 is 17.5 Å². The summed E-state index contributed by atoms with van der Waals surface area (Å²) in [7, 11) is 0. The number of hydrogen-bond donors (Lipinski definition) is 3. The average molecular weight is 479 g/mol. The van der Waals surface area contributed by atoms with Crippen molar-refractivity contribution in [2.24, 2.45) is 0 Å². The first kappa shape index (κ1) is 23.3. The average Bonchev–Trinajstić information content (AvgIpc) is 3.32. The van der Waals surface area contributed by atoms with Gasteiger partial charge in [0.25, 0.3) is 5.91 Å². The number of benzene rings is 1. The smallest absolute Gasteiger partial charge is 0.425 e. The Morgan fingerprint density at radius 1 is 1.24 bits per heavy atom. The summed E-state index contributed by atoms with van der Waals surface area (Å²) in [5.74, 6) is -0.621. The maximum absolute atomic E-state index is 14.2. The van der Waals surface area contributed by atoms with Gasteiger partial charge in [-0.2, -0.15) is 13.2 Å². The molecule has 34 heavy (non-hydrogen) atoms. The molecule has 2 aromatic heterocycles. The molecular formula is C21H21F4N7O2. The van der Waals surface area contributed by atoms with Crippen molar-refractivity contribution in [3.05, 3.63) is 53.6 Å². The zero-order valence-corrected chi connectivity index (χ0v) is 17.9. The van der Waals surface area contributed by atoms with Gasteiger partial charge in [-0.05, 0) is 43.5 Å². The molecular weight excluding hydrogens is 458 g/mol. The van der Waals surface area contributed by atoms with Crippen LogP contribution in [0.3, 0.4) is 0 Å². The third-order valence-electron chi connectivity index (χ3n) is 5.28. The summed E-state index contributed by atoms with van der Waals surface area (Å²) >= 11 is 0. The molecule has 1 fully saturated rings. The summed E-state index contributed by atoms with van der Waals surface area (Å²) in [5.41, 5.74) is 11.1. The van der Waals surface area contributed by atoms with Crippen LogP contribution < -0.4 is 21.5 Å². The summed E-state index contributed by atoms with van der Waals surface area (Å²) < 4.78 is 58.1. The van der Waals surface area contributed by atoms with Crippen LogP contribution in [-0.2, 0) is 12.2 Å². The SMILES string of the molecule is CC(Oc1ccc(CNC(=O)c2cc(-n3cnc(C4(F)CC4)n3)c(N)nc2N)cc1)C(F)(F)F. The summed E-state index contributed by atoms with van der Waals surface area (Å²) in [6, 6.07) is 7.17. The molecule has 13 heteroatoms. The van der Waals surface area contributed by atoms with Crippen LogP contribution in [0, 0.1) is 0 Å². The lowest BCUT2D eigenvalue weighted by Gasteiger charge is -2.17. The van der Waals surface area contributed by atoms with Gasteiger partial charge in [0.1, 0.15) is 23.6 Å². The molecule has 0 saturated heterocycles. The van der Waals surface area contributed by atoms with Gasteiger partial charge in [-0.1, -0.05) is 12.1 Å². The highest BCUT2D eigenvalue weighted by Gasteiger charge is 2.48. The summed E-state index contributed by atoms with van der Waals surface area (Å²) in [6.07, 6.45) is -4.46. The van der Waals surface area contributed by atoms with E-state index in [9.17, 15) is 22.4 Å². The Bertz CT molecular complexity index is 1210. The number of nitrogens with zero attached hydrogens (tertiary/aromatic N) is 4. The predicted octanol–water partition coefficient (Wildman–Crippen LogP) is 3.04. The monoisotopic (exact) mass is 479 g/mol. The van der Waals surface area contributed by atoms with Crippen molar-refractivity contribution in [1.82, 2.24) is 25.1 Å². The van der Waals surface area contributed by atoms with Gasteiger partial charge in [0.15, 0.2) is 23.4 Å². The molecule has 1 amide bonds. The van der Waals surface area contributed by atoms with E-state index in [-0.39, 0.29) is 41.0 Å². The summed E-state index contributed by atoms with van der Waals surface area (Å²) in [5, 5.41) is 6.75. The molecule has 4 rings (SSSR count). The third kappa shape index (κ3) is 4.87. The zero-order chi connectivity index (χ0) is 24.7. The molecule has 3 aromatic rings. The Labute approximate surface area is 191 Å². The van der Waals surface area contributed by atoms with Crippen molar-refractivity contribution in [2.75, 3.05) is 11.5 Å². The van der Waals surface area contributed by atoms with Crippen LogP contribution in [0.15, 0.2) is 36.7 Å². The largest absolute Gasteiger partial charge is 0.481 e. The first-order chi connectivity index (χ1) is 16.0. The first-order valence-electron chi connectivity index (χ1n) is 10.2. The molecule has 1 unspecified atom stereocenters. The number of aromatic nitrogens is 4. The number of carbonyl (C=O) groups excluding carboxylic acids is 1. The Hall–Kier alpha value is -3.90. The predicted molar refractivity (Wildman–Crippen MR) is 114 cm³/mol. The van der Waals surface area contributed by atoms with Gasteiger partial charge in [0.05, 0.1) is 5.56 Å².